The summed E-state index contributed by atoms with van der Waals surface area (Å²) in [7, 11) is 0. The normalized spacial score (nSPS) is 10.8. The average Bonchev–Trinajstić information content (AvgIpc) is 2.45. The number of imidazole rings is 1. The second-order valence-electron chi connectivity index (χ2n) is 3.40. The number of aromatic nitrogens is 2. The third-order valence-electron chi connectivity index (χ3n) is 2.03. The van der Waals surface area contributed by atoms with Gasteiger partial charge in [-0.3, -0.25) is 4.79 Å². The molecule has 0 aliphatic carbocycles. The van der Waals surface area contributed by atoms with Crippen LogP contribution in [0, 0.1) is 6.92 Å². The Bertz CT molecular complexity index is 533. The number of carboxylic acids is 1. The molecule has 0 radical (unpaired) electrons. The van der Waals surface area contributed by atoms with Crippen LogP contribution in [-0.2, 0) is 11.2 Å². The number of rotatable bonds is 2. The summed E-state index contributed by atoms with van der Waals surface area (Å²) in [4.78, 5) is 14.8. The van der Waals surface area contributed by atoms with Gasteiger partial charge in [-0.1, -0.05) is 0 Å². The van der Waals surface area contributed by atoms with Crippen LogP contribution in [0.1, 0.15) is 11.3 Å². The Morgan fingerprint density at radius 1 is 1.60 bits per heavy atom. The van der Waals surface area contributed by atoms with Gasteiger partial charge in [-0.25, -0.2) is 4.98 Å². The van der Waals surface area contributed by atoms with Gasteiger partial charge in [0.05, 0.1) is 16.6 Å². The molecule has 4 nitrogen and oxygen atoms in total. The van der Waals surface area contributed by atoms with Crippen molar-refractivity contribution in [1.29, 1.82) is 0 Å². The van der Waals surface area contributed by atoms with Gasteiger partial charge >= 0.3 is 5.97 Å². The van der Waals surface area contributed by atoms with Gasteiger partial charge in [0.2, 0.25) is 0 Å². The number of halogens is 1. The van der Waals surface area contributed by atoms with Crippen molar-refractivity contribution in [3.63, 3.8) is 0 Å². The third-order valence-corrected chi connectivity index (χ3v) is 2.61. The second-order valence-corrected chi connectivity index (χ2v) is 4.25. The zero-order valence-corrected chi connectivity index (χ0v) is 9.65. The molecule has 0 amide bonds. The molecule has 0 atom stereocenters. The molecule has 0 aliphatic rings. The Hall–Kier alpha value is -1.36. The number of aryl methyl sites for hydroxylation is 1. The van der Waals surface area contributed by atoms with E-state index < -0.39 is 5.97 Å². The summed E-state index contributed by atoms with van der Waals surface area (Å²) < 4.78 is 2.71. The van der Waals surface area contributed by atoms with Crippen molar-refractivity contribution in [2.45, 2.75) is 13.3 Å². The van der Waals surface area contributed by atoms with Gasteiger partial charge < -0.3 is 9.51 Å². The Balaban J connectivity index is 2.55. The number of carboxylic acid groups (broad SMARTS) is 1. The monoisotopic (exact) mass is 268 g/mol. The van der Waals surface area contributed by atoms with Gasteiger partial charge in [0, 0.05) is 12.4 Å². The summed E-state index contributed by atoms with van der Waals surface area (Å²) in [5.41, 5.74) is 2.40. The molecular formula is C10H9BrN2O2. The van der Waals surface area contributed by atoms with Crippen molar-refractivity contribution >= 4 is 27.5 Å². The van der Waals surface area contributed by atoms with E-state index in [9.17, 15) is 4.79 Å². The fourth-order valence-corrected chi connectivity index (χ4v) is 2.14. The maximum Gasteiger partial charge on any atom is 0.309 e. The summed E-state index contributed by atoms with van der Waals surface area (Å²) in [5, 5.41) is 8.65. The molecule has 0 aliphatic heterocycles. The predicted molar refractivity (Wildman–Crippen MR) is 59.0 cm³/mol. The summed E-state index contributed by atoms with van der Waals surface area (Å²) in [6.45, 7) is 1.97. The van der Waals surface area contributed by atoms with Gasteiger partial charge in [0.1, 0.15) is 0 Å². The lowest BCUT2D eigenvalue weighted by molar-refractivity contribution is -0.136. The van der Waals surface area contributed by atoms with E-state index in [0.717, 1.165) is 15.7 Å². The molecule has 0 aromatic carbocycles. The number of carbonyl (C=O) groups is 1. The van der Waals surface area contributed by atoms with Crippen molar-refractivity contribution in [1.82, 2.24) is 9.38 Å². The number of nitrogens with zero attached hydrogens (tertiary/aromatic N) is 2. The Labute approximate surface area is 94.7 Å². The van der Waals surface area contributed by atoms with Gasteiger partial charge in [-0.2, -0.15) is 0 Å². The summed E-state index contributed by atoms with van der Waals surface area (Å²) >= 11 is 3.40. The van der Waals surface area contributed by atoms with Crippen molar-refractivity contribution < 1.29 is 9.90 Å². The average molecular weight is 269 g/mol. The smallest absolute Gasteiger partial charge is 0.309 e. The molecule has 2 rings (SSSR count). The first-order valence-electron chi connectivity index (χ1n) is 4.42. The molecule has 0 bridgehead atoms. The first-order valence-corrected chi connectivity index (χ1v) is 5.21. The number of aliphatic carboxylic acids is 1. The van der Waals surface area contributed by atoms with E-state index in [4.69, 9.17) is 5.11 Å². The Morgan fingerprint density at radius 2 is 2.33 bits per heavy atom. The van der Waals surface area contributed by atoms with E-state index >= 15 is 0 Å². The SMILES string of the molecule is Cc1cc(Br)c2nc(CC(=O)O)cn2c1. The Kier molecular flexibility index (Phi) is 2.48. The lowest BCUT2D eigenvalue weighted by Gasteiger charge is -1.97. The summed E-state index contributed by atoms with van der Waals surface area (Å²) in [6, 6.07) is 1.95. The number of hydrogen-bond acceptors (Lipinski definition) is 2. The van der Waals surface area contributed by atoms with Crippen LogP contribution in [0.15, 0.2) is 22.9 Å². The first kappa shape index (κ1) is 10.2. The van der Waals surface area contributed by atoms with E-state index in [1.165, 1.54) is 0 Å². The molecule has 5 heteroatoms. The standard InChI is InChI=1S/C10H9BrN2O2/c1-6-2-8(11)10-12-7(3-9(14)15)5-13(10)4-6/h2,4-5H,3H2,1H3,(H,14,15). The van der Waals surface area contributed by atoms with Gasteiger partial charge in [0.25, 0.3) is 0 Å². The predicted octanol–water partition coefficient (Wildman–Crippen LogP) is 2.03. The highest BCUT2D eigenvalue weighted by Gasteiger charge is 2.08. The van der Waals surface area contributed by atoms with Crippen molar-refractivity contribution in [3.8, 4) is 0 Å². The number of hydrogen-bond donors (Lipinski definition) is 1. The fourth-order valence-electron chi connectivity index (χ4n) is 1.48. The molecular weight excluding hydrogens is 260 g/mol. The molecule has 2 aromatic heterocycles. The molecule has 2 heterocycles. The maximum atomic E-state index is 10.5. The van der Waals surface area contributed by atoms with E-state index in [0.29, 0.717) is 5.69 Å². The molecule has 0 spiro atoms. The topological polar surface area (TPSA) is 54.6 Å². The van der Waals surface area contributed by atoms with Crippen LogP contribution >= 0.6 is 15.9 Å². The molecule has 0 saturated carbocycles. The minimum atomic E-state index is -0.869. The van der Waals surface area contributed by atoms with Crippen molar-refractivity contribution in [3.05, 3.63) is 34.2 Å². The van der Waals surface area contributed by atoms with Gasteiger partial charge in [0.15, 0.2) is 5.65 Å². The molecule has 0 unspecified atom stereocenters. The molecule has 15 heavy (non-hydrogen) atoms. The van der Waals surface area contributed by atoms with E-state index in [1.54, 1.807) is 6.20 Å². The molecule has 2 aromatic rings. The van der Waals surface area contributed by atoms with E-state index in [-0.39, 0.29) is 6.42 Å². The van der Waals surface area contributed by atoms with Crippen molar-refractivity contribution in [2.24, 2.45) is 0 Å². The second kappa shape index (κ2) is 3.66. The van der Waals surface area contributed by atoms with Gasteiger partial charge in [-0.05, 0) is 34.5 Å². The number of fused-ring (bicyclic) bond motifs is 1. The fraction of sp³-hybridized carbons (Fsp3) is 0.200. The first-order chi connectivity index (χ1) is 7.06. The third kappa shape index (κ3) is 2.02. The molecule has 0 saturated heterocycles. The van der Waals surface area contributed by atoms with E-state index in [1.807, 2.05) is 23.6 Å². The molecule has 1 N–H and O–H groups in total. The maximum absolute atomic E-state index is 10.5. The van der Waals surface area contributed by atoms with Gasteiger partial charge in [-0.15, -0.1) is 0 Å². The zero-order chi connectivity index (χ0) is 11.0. The molecule has 78 valence electrons. The lowest BCUT2D eigenvalue weighted by atomic mass is 10.3. The van der Waals surface area contributed by atoms with Crippen LogP contribution < -0.4 is 0 Å². The highest BCUT2D eigenvalue weighted by atomic mass is 79.9. The van der Waals surface area contributed by atoms with Crippen LogP contribution in [0.5, 0.6) is 0 Å². The minimum Gasteiger partial charge on any atom is -0.481 e. The van der Waals surface area contributed by atoms with E-state index in [2.05, 4.69) is 20.9 Å². The van der Waals surface area contributed by atoms with Crippen LogP contribution in [-0.4, -0.2) is 20.5 Å². The highest BCUT2D eigenvalue weighted by Crippen LogP contribution is 2.19. The quantitative estimate of drug-likeness (QED) is 0.907. The molecule has 0 fully saturated rings. The van der Waals surface area contributed by atoms with Crippen molar-refractivity contribution in [2.75, 3.05) is 0 Å². The number of pyridine rings is 1. The van der Waals surface area contributed by atoms with Crippen LogP contribution in [0.2, 0.25) is 0 Å². The Morgan fingerprint density at radius 3 is 3.00 bits per heavy atom. The van der Waals surface area contributed by atoms with Crippen LogP contribution in [0.4, 0.5) is 0 Å². The minimum absolute atomic E-state index is 0.0484. The summed E-state index contributed by atoms with van der Waals surface area (Å²) in [6.07, 6.45) is 3.60. The summed E-state index contributed by atoms with van der Waals surface area (Å²) in [5.74, 6) is -0.869. The highest BCUT2D eigenvalue weighted by molar-refractivity contribution is 9.10. The zero-order valence-electron chi connectivity index (χ0n) is 8.07. The lowest BCUT2D eigenvalue weighted by Crippen LogP contribution is -1.99. The van der Waals surface area contributed by atoms with Crippen LogP contribution in [0.3, 0.4) is 0 Å². The largest absolute Gasteiger partial charge is 0.481 e. The van der Waals surface area contributed by atoms with Crippen LogP contribution in [0.25, 0.3) is 5.65 Å².